The minimum absolute atomic E-state index is 0.00107. The van der Waals surface area contributed by atoms with Crippen molar-refractivity contribution in [1.29, 1.82) is 0 Å². The van der Waals surface area contributed by atoms with Gasteiger partial charge in [0.25, 0.3) is 0 Å². The van der Waals surface area contributed by atoms with Gasteiger partial charge < -0.3 is 80.9 Å². The number of β-amino-alcohol motifs (C(OH)–C–C–N with tert-alkyl or cyclic N) is 1. The lowest BCUT2D eigenvalue weighted by atomic mass is 9.65. The average Bonchev–Trinajstić information content (AvgIpc) is 1.34. The monoisotopic (exact) mass is 2080 g/mol. The van der Waals surface area contributed by atoms with Crippen LogP contribution in [0.4, 0.5) is 47.1 Å². The summed E-state index contributed by atoms with van der Waals surface area (Å²) in [4.78, 5) is 93.2. The third kappa shape index (κ3) is 23.7. The van der Waals surface area contributed by atoms with Crippen molar-refractivity contribution in [3.8, 4) is 0 Å². The van der Waals surface area contributed by atoms with Gasteiger partial charge in [-0.05, 0) is 359 Å². The average molecular weight is 2080 g/mol. The lowest BCUT2D eigenvalue weighted by Crippen LogP contribution is -2.58. The minimum Gasteiger partial charge on any atom is -0.481 e. The first-order valence-corrected chi connectivity index (χ1v) is 55.8. The Balaban J connectivity index is 0.000000124. The van der Waals surface area contributed by atoms with Crippen LogP contribution in [0.2, 0.25) is 20.1 Å². The summed E-state index contributed by atoms with van der Waals surface area (Å²) in [5.41, 5.74) is 14.2. The van der Waals surface area contributed by atoms with E-state index in [9.17, 15) is 34.8 Å². The number of aromatic nitrogens is 8. The van der Waals surface area contributed by atoms with E-state index in [4.69, 9.17) is 86.3 Å². The number of anilines is 8. The number of nitrogens with one attached hydrogen (secondary N) is 4. The lowest BCUT2D eigenvalue weighted by molar-refractivity contribution is -0.159. The second-order valence-electron chi connectivity index (χ2n) is 45.9. The molecule has 147 heavy (non-hydrogen) atoms. The molecular weight excluding hydrogens is 1930 g/mol. The van der Waals surface area contributed by atoms with Crippen LogP contribution < -0.4 is 40.9 Å². The van der Waals surface area contributed by atoms with Gasteiger partial charge in [0, 0.05) is 151 Å². The van der Waals surface area contributed by atoms with Crippen LogP contribution in [0.15, 0.2) is 121 Å². The van der Waals surface area contributed by atoms with E-state index in [1.54, 1.807) is 0 Å². The van der Waals surface area contributed by atoms with Crippen LogP contribution in [0, 0.1) is 106 Å². The fourth-order valence-corrected chi connectivity index (χ4v) is 26.8. The molecule has 11 fully saturated rings. The van der Waals surface area contributed by atoms with Gasteiger partial charge in [0.2, 0.25) is 23.8 Å². The number of carboxylic acid groups (broad SMARTS) is 3. The van der Waals surface area contributed by atoms with Crippen molar-refractivity contribution in [2.75, 3.05) is 159 Å². The van der Waals surface area contributed by atoms with E-state index < -0.39 is 28.7 Å². The van der Waals surface area contributed by atoms with Gasteiger partial charge in [-0.2, -0.15) is 19.9 Å². The quantitative estimate of drug-likeness (QED) is 0.0226. The molecule has 12 heterocycles. The number of piperidine rings is 4. The number of fused-ring (bicyclic) bond motifs is 3. The molecule has 0 radical (unpaired) electrons. The summed E-state index contributed by atoms with van der Waals surface area (Å²) >= 11 is 26.2. The number of aliphatic hydroxyl groups is 1. The van der Waals surface area contributed by atoms with Crippen LogP contribution in [-0.2, 0) is 27.2 Å². The number of hydrogen-bond donors (Lipinski definition) is 8. The van der Waals surface area contributed by atoms with Crippen LogP contribution in [0.25, 0.3) is 21.8 Å². The SMILES string of the molecule is Cc1ccc([C@@H](C)Nc2nc(N3CC([C@H]4CCCN(C5CC(C(=O)O)C5)C4)C3)nc3ccccc23)c(Cl)c1.Cc1ccc([C@@H](C)Nc2nc(N3CC([C@H]4CCCN(C5CC(C)(C(=O)O)C5)C4)C3)nc(C)c2C)c(Cl)c1.Cc1ccc([C@@H](C)Nc2nc(N3CC([C@H]4CCCN(C5CC(C)(C(=O)O)C5)C4)C3)nc3c2CCC3)c(Cl)c1.Cc1ccc([C@@H](C)Nc2nc(N3CC([C@H]4CCCN(CCO)C4)C3)nc3ccccc23)c(Cl)c1. The molecule has 0 bridgehead atoms. The van der Waals surface area contributed by atoms with Gasteiger partial charge in [0.05, 0.1) is 64.2 Å². The number of para-hydroxylation sites is 2. The fourth-order valence-electron chi connectivity index (χ4n) is 25.2. The molecule has 31 heteroatoms. The highest BCUT2D eigenvalue weighted by molar-refractivity contribution is 6.32. The number of likely N-dealkylation sites (tertiary alicyclic amines) is 4. The number of hydrogen-bond acceptors (Lipinski definition) is 24. The van der Waals surface area contributed by atoms with Crippen molar-refractivity contribution >= 4 is 133 Å². The Bertz CT molecular complexity index is 6400. The third-order valence-electron chi connectivity index (χ3n) is 35.0. The summed E-state index contributed by atoms with van der Waals surface area (Å²) in [5.74, 6) is 9.95. The maximum absolute atomic E-state index is 11.5. The van der Waals surface area contributed by atoms with Crippen molar-refractivity contribution in [2.45, 2.75) is 235 Å². The molecule has 0 spiro atoms. The maximum atomic E-state index is 11.5. The number of halogens is 4. The van der Waals surface area contributed by atoms with E-state index in [-0.39, 0.29) is 36.7 Å². The number of aliphatic hydroxyl groups excluding tert-OH is 1. The van der Waals surface area contributed by atoms with E-state index >= 15 is 0 Å². The summed E-state index contributed by atoms with van der Waals surface area (Å²) in [6.07, 6.45) is 17.8. The Morgan fingerprint density at radius 1 is 0.388 bits per heavy atom. The Morgan fingerprint density at radius 3 is 1.11 bits per heavy atom. The normalized spacial score (nSPS) is 25.4. The predicted octanol–water partition coefficient (Wildman–Crippen LogP) is 21.8. The van der Waals surface area contributed by atoms with E-state index in [2.05, 4.69) is 189 Å². The van der Waals surface area contributed by atoms with Crippen LogP contribution in [0.5, 0.6) is 0 Å². The molecule has 784 valence electrons. The Morgan fingerprint density at radius 2 is 0.728 bits per heavy atom. The van der Waals surface area contributed by atoms with Crippen LogP contribution >= 0.6 is 46.4 Å². The first-order chi connectivity index (χ1) is 70.6. The highest BCUT2D eigenvalue weighted by atomic mass is 35.5. The fraction of sp³-hybridized carbons (Fsp3) is 0.560. The maximum Gasteiger partial charge on any atom is 0.309 e. The number of aryl methyl sites for hydroxylation is 6. The summed E-state index contributed by atoms with van der Waals surface area (Å²) in [6.45, 7) is 42.4. The van der Waals surface area contributed by atoms with E-state index in [1.807, 2.05) is 76.2 Å². The van der Waals surface area contributed by atoms with Gasteiger partial charge in [-0.1, -0.05) is 119 Å². The Labute approximate surface area is 887 Å². The second-order valence-corrected chi connectivity index (χ2v) is 47.5. The largest absolute Gasteiger partial charge is 0.481 e. The molecule has 22 rings (SSSR count). The zero-order valence-corrected chi connectivity index (χ0v) is 90.7. The molecule has 4 aliphatic carbocycles. The number of rotatable bonds is 28. The van der Waals surface area contributed by atoms with Gasteiger partial charge in [-0.25, -0.2) is 19.9 Å². The van der Waals surface area contributed by atoms with E-state index in [0.29, 0.717) is 65.5 Å². The molecule has 4 aromatic heterocycles. The number of carboxylic acids is 3. The van der Waals surface area contributed by atoms with Gasteiger partial charge in [-0.3, -0.25) is 14.4 Å². The highest BCUT2D eigenvalue weighted by Crippen LogP contribution is 2.50. The van der Waals surface area contributed by atoms with Crippen molar-refractivity contribution in [1.82, 2.24) is 59.5 Å². The summed E-state index contributed by atoms with van der Waals surface area (Å²) in [5, 5.41) is 57.1. The third-order valence-corrected chi connectivity index (χ3v) is 36.3. The number of aliphatic carboxylic acids is 3. The topological polar surface area (TPSA) is 309 Å². The van der Waals surface area contributed by atoms with Gasteiger partial charge in [0.15, 0.2) is 0 Å². The smallest absolute Gasteiger partial charge is 0.309 e. The van der Waals surface area contributed by atoms with Gasteiger partial charge in [0.1, 0.15) is 23.3 Å². The Hall–Kier alpha value is -10.1. The molecule has 10 aromatic rings. The predicted molar refractivity (Wildman–Crippen MR) is 591 cm³/mol. The standard InChI is InChI=1S/C30H40ClN5O2.C30H36ClN5O2.C29H40ClN5O2.C27H34ClN5O/c1-18-9-10-23(25(31)12-18)19(2)32-27-24-7-4-8-26(24)33-29(34-27)36-16-21(17-36)20-6-5-11-35(15-20)22-13-30(3,14-22)28(37)38;1-18-9-10-24(26(31)12-18)19(2)32-28-25-7-3-4-8-27(25)33-30(34-28)36-16-22(17-36)20-6-5-11-35(15-20)23-13-21(14-23)29(37)38;1-17-8-9-24(25(30)11-17)20(4)31-26-18(2)19(3)32-28(33-26)35-15-22(16-35)21-7-6-10-34(14-21)23-12-29(5,13-23)27(36)37;1-18-9-10-22(24(28)14-18)19(2)29-26-23-7-3-4-8-25(23)30-27(31-26)33-16-21(17-33)20-6-5-11-32(15-20)12-13-34/h9-10,12,19-22H,4-8,11,13-17H2,1-3H3,(H,37,38)(H,32,33,34);3-4,7-10,12,19-23H,5-6,11,13-17H2,1-2H3,(H,37,38)(H,32,33,34);8-9,11,20-23H,6-7,10,12-16H2,1-5H3,(H,36,37)(H,31,32,33);3-4,7-10,14,19-21,34H,5-6,11-13,15-17H2,1-2H3,(H,29,30,31)/t19-,20+,22?,30?;19-,20+,21?,23?;20-,21+,23?,29?;19-,20+/m1111/s1. The molecule has 0 amide bonds. The van der Waals surface area contributed by atoms with Gasteiger partial charge >= 0.3 is 17.9 Å². The highest BCUT2D eigenvalue weighted by Gasteiger charge is 2.53. The second kappa shape index (κ2) is 45.2. The molecule has 12 aliphatic rings. The first-order valence-electron chi connectivity index (χ1n) is 54.2. The molecular formula is C116H150Cl4N20O7. The molecule has 0 unspecified atom stereocenters. The first kappa shape index (κ1) is 105. The lowest BCUT2D eigenvalue weighted by Gasteiger charge is -2.52. The zero-order chi connectivity index (χ0) is 103. The summed E-state index contributed by atoms with van der Waals surface area (Å²) < 4.78 is 0. The van der Waals surface area contributed by atoms with Gasteiger partial charge in [-0.15, -0.1) is 0 Å². The zero-order valence-electron chi connectivity index (χ0n) is 87.7. The molecule has 3 saturated carbocycles. The molecule has 8 saturated heterocycles. The number of carbonyl (C=O) groups is 3. The van der Waals surface area contributed by atoms with Crippen molar-refractivity contribution < 1.29 is 34.8 Å². The molecule has 6 aromatic carbocycles. The molecule has 8 atom stereocenters. The number of nitrogens with zero attached hydrogens (tertiary/aromatic N) is 16. The molecule has 27 nitrogen and oxygen atoms in total. The van der Waals surface area contributed by atoms with Crippen molar-refractivity contribution in [2.24, 2.45) is 64.1 Å². The van der Waals surface area contributed by atoms with Crippen LogP contribution in [-0.4, -0.2) is 234 Å². The van der Waals surface area contributed by atoms with Crippen LogP contribution in [0.1, 0.15) is 229 Å². The van der Waals surface area contributed by atoms with Crippen LogP contribution in [0.3, 0.4) is 0 Å². The van der Waals surface area contributed by atoms with E-state index in [1.165, 1.54) is 62.6 Å². The summed E-state index contributed by atoms with van der Waals surface area (Å²) in [6, 6.07) is 42.5. The number of benzene rings is 6. The van der Waals surface area contributed by atoms with Crippen molar-refractivity contribution in [3.63, 3.8) is 0 Å². The van der Waals surface area contributed by atoms with Crippen molar-refractivity contribution in [3.05, 3.63) is 208 Å². The minimum atomic E-state index is -0.648. The molecule has 8 aliphatic heterocycles. The van der Waals surface area contributed by atoms with E-state index in [0.717, 1.165) is 314 Å². The Kier molecular flexibility index (Phi) is 32.4. The summed E-state index contributed by atoms with van der Waals surface area (Å²) in [7, 11) is 0. The molecule has 8 N–H and O–H groups in total.